The molecule has 0 aliphatic carbocycles. The summed E-state index contributed by atoms with van der Waals surface area (Å²) in [6.45, 7) is -0.238. The number of anilines is 1. The molecule has 0 aromatic heterocycles. The Morgan fingerprint density at radius 3 is 1.91 bits per heavy atom. The van der Waals surface area contributed by atoms with Crippen molar-refractivity contribution >= 4 is 17.6 Å². The zero-order valence-electron chi connectivity index (χ0n) is 17.2. The molecule has 1 amide bonds. The molecule has 5 nitrogen and oxygen atoms in total. The van der Waals surface area contributed by atoms with Crippen LogP contribution in [0.2, 0.25) is 0 Å². The Morgan fingerprint density at radius 1 is 0.688 bits per heavy atom. The Kier molecular flexibility index (Phi) is 6.28. The van der Waals surface area contributed by atoms with Gasteiger partial charge in [0.25, 0.3) is 5.91 Å². The van der Waals surface area contributed by atoms with E-state index in [-0.39, 0.29) is 17.9 Å². The first kappa shape index (κ1) is 20.9. The van der Waals surface area contributed by atoms with E-state index in [4.69, 9.17) is 4.74 Å². The topological polar surface area (TPSA) is 75.6 Å². The van der Waals surface area contributed by atoms with Crippen LogP contribution in [0.3, 0.4) is 0 Å². The van der Waals surface area contributed by atoms with E-state index in [0.717, 1.165) is 22.3 Å². The molecule has 0 atom stereocenters. The van der Waals surface area contributed by atoms with Gasteiger partial charge >= 0.3 is 5.97 Å². The lowest BCUT2D eigenvalue weighted by molar-refractivity contribution is -0.118. The van der Waals surface area contributed by atoms with Gasteiger partial charge in [-0.15, -0.1) is 0 Å². The molecular formula is C27H21NO4. The molecule has 4 aromatic carbocycles. The molecule has 0 aliphatic rings. The monoisotopic (exact) mass is 423 g/mol. The van der Waals surface area contributed by atoms with Gasteiger partial charge in [-0.25, -0.2) is 4.79 Å². The smallest absolute Gasteiger partial charge is 0.337 e. The van der Waals surface area contributed by atoms with Crippen molar-refractivity contribution in [2.24, 2.45) is 0 Å². The van der Waals surface area contributed by atoms with Crippen molar-refractivity contribution in [1.82, 2.24) is 0 Å². The van der Waals surface area contributed by atoms with E-state index in [1.807, 2.05) is 78.9 Å². The average Bonchev–Trinajstić information content (AvgIpc) is 2.84. The number of carboxylic acid groups (broad SMARTS) is 1. The number of ether oxygens (including phenoxy) is 1. The number of nitrogens with one attached hydrogen (secondary N) is 1. The van der Waals surface area contributed by atoms with E-state index in [1.54, 1.807) is 24.3 Å². The predicted molar refractivity (Wildman–Crippen MR) is 125 cm³/mol. The van der Waals surface area contributed by atoms with E-state index in [9.17, 15) is 14.7 Å². The Morgan fingerprint density at radius 2 is 1.28 bits per heavy atom. The summed E-state index contributed by atoms with van der Waals surface area (Å²) in [5, 5.41) is 12.3. The van der Waals surface area contributed by atoms with Crippen LogP contribution in [0.25, 0.3) is 22.3 Å². The third-order valence-electron chi connectivity index (χ3n) is 4.94. The van der Waals surface area contributed by atoms with Crippen LogP contribution in [0.15, 0.2) is 103 Å². The lowest BCUT2D eigenvalue weighted by Gasteiger charge is -2.12. The highest BCUT2D eigenvalue weighted by atomic mass is 16.5. The molecule has 0 fully saturated rings. The Labute approximate surface area is 185 Å². The summed E-state index contributed by atoms with van der Waals surface area (Å²) in [6, 6.07) is 31.7. The molecule has 0 saturated heterocycles. The van der Waals surface area contributed by atoms with Gasteiger partial charge in [0.2, 0.25) is 0 Å². The molecule has 32 heavy (non-hydrogen) atoms. The molecule has 5 heteroatoms. The van der Waals surface area contributed by atoms with E-state index < -0.39 is 11.9 Å². The largest absolute Gasteiger partial charge is 0.484 e. The first-order chi connectivity index (χ1) is 15.6. The van der Waals surface area contributed by atoms with Gasteiger partial charge in [0.15, 0.2) is 6.61 Å². The number of benzene rings is 4. The fourth-order valence-electron chi connectivity index (χ4n) is 3.37. The minimum absolute atomic E-state index is 0.0192. The molecule has 0 radical (unpaired) electrons. The molecule has 4 aromatic rings. The maximum Gasteiger partial charge on any atom is 0.337 e. The van der Waals surface area contributed by atoms with Gasteiger partial charge in [-0.2, -0.15) is 0 Å². The second-order valence-corrected chi connectivity index (χ2v) is 7.16. The summed E-state index contributed by atoms with van der Waals surface area (Å²) in [4.78, 5) is 24.2. The molecule has 4 rings (SSSR count). The van der Waals surface area contributed by atoms with Crippen LogP contribution in [-0.4, -0.2) is 23.6 Å². The molecule has 0 bridgehead atoms. The number of rotatable bonds is 7. The number of aromatic carboxylic acids is 1. The molecule has 158 valence electrons. The predicted octanol–water partition coefficient (Wildman–Crippen LogP) is 5.74. The van der Waals surface area contributed by atoms with Crippen LogP contribution in [-0.2, 0) is 4.79 Å². The van der Waals surface area contributed by atoms with E-state index >= 15 is 0 Å². The first-order valence-electron chi connectivity index (χ1n) is 10.1. The SMILES string of the molecule is O=C(COc1cccc(-c2ccccc2)c1)Nc1ccc(-c2ccccc2)cc1C(=O)O. The third kappa shape index (κ3) is 5.02. The van der Waals surface area contributed by atoms with Crippen LogP contribution in [0.4, 0.5) is 5.69 Å². The summed E-state index contributed by atoms with van der Waals surface area (Å²) in [7, 11) is 0. The van der Waals surface area contributed by atoms with Gasteiger partial charge < -0.3 is 15.2 Å². The number of carboxylic acids is 1. The summed E-state index contributed by atoms with van der Waals surface area (Å²) in [6.07, 6.45) is 0. The zero-order valence-corrected chi connectivity index (χ0v) is 17.2. The molecule has 0 heterocycles. The van der Waals surface area contributed by atoms with E-state index in [0.29, 0.717) is 5.75 Å². The standard InChI is InChI=1S/C27H21NO4/c29-26(18-32-23-13-7-12-21(16-23)19-8-3-1-4-9-19)28-25-15-14-22(17-24(25)27(30)31)20-10-5-2-6-11-20/h1-17H,18H2,(H,28,29)(H,30,31). The van der Waals surface area contributed by atoms with Crippen molar-refractivity contribution < 1.29 is 19.4 Å². The van der Waals surface area contributed by atoms with Crippen LogP contribution < -0.4 is 10.1 Å². The van der Waals surface area contributed by atoms with Crippen molar-refractivity contribution in [2.45, 2.75) is 0 Å². The zero-order chi connectivity index (χ0) is 22.3. The van der Waals surface area contributed by atoms with Crippen molar-refractivity contribution in [1.29, 1.82) is 0 Å². The van der Waals surface area contributed by atoms with E-state index in [1.165, 1.54) is 0 Å². The van der Waals surface area contributed by atoms with Crippen LogP contribution >= 0.6 is 0 Å². The van der Waals surface area contributed by atoms with Gasteiger partial charge in [-0.3, -0.25) is 4.79 Å². The summed E-state index contributed by atoms with van der Waals surface area (Å²) in [5.41, 5.74) is 3.93. The fourth-order valence-corrected chi connectivity index (χ4v) is 3.37. The minimum Gasteiger partial charge on any atom is -0.484 e. The van der Waals surface area contributed by atoms with Gasteiger partial charge in [0.1, 0.15) is 5.75 Å². The molecular weight excluding hydrogens is 402 g/mol. The van der Waals surface area contributed by atoms with Crippen molar-refractivity contribution in [3.05, 3.63) is 109 Å². The first-order valence-corrected chi connectivity index (χ1v) is 10.1. The van der Waals surface area contributed by atoms with Crippen LogP contribution in [0, 0.1) is 0 Å². The number of carbonyl (C=O) groups excluding carboxylic acids is 1. The number of hydrogen-bond donors (Lipinski definition) is 2. The highest BCUT2D eigenvalue weighted by Gasteiger charge is 2.14. The Hall–Kier alpha value is -4.38. The van der Waals surface area contributed by atoms with E-state index in [2.05, 4.69) is 5.32 Å². The Bertz CT molecular complexity index is 1240. The highest BCUT2D eigenvalue weighted by molar-refractivity contribution is 6.02. The minimum atomic E-state index is -1.12. The molecule has 0 aliphatic heterocycles. The molecule has 0 unspecified atom stereocenters. The lowest BCUT2D eigenvalue weighted by Crippen LogP contribution is -2.21. The van der Waals surface area contributed by atoms with Crippen LogP contribution in [0.5, 0.6) is 5.75 Å². The Balaban J connectivity index is 1.45. The van der Waals surface area contributed by atoms with Crippen molar-refractivity contribution in [3.8, 4) is 28.0 Å². The molecule has 0 saturated carbocycles. The van der Waals surface area contributed by atoms with Crippen LogP contribution in [0.1, 0.15) is 10.4 Å². The average molecular weight is 423 g/mol. The quantitative estimate of drug-likeness (QED) is 0.398. The van der Waals surface area contributed by atoms with Gasteiger partial charge in [0, 0.05) is 0 Å². The second kappa shape index (κ2) is 9.62. The summed E-state index contributed by atoms with van der Waals surface area (Å²) < 4.78 is 5.64. The normalized spacial score (nSPS) is 10.4. The summed E-state index contributed by atoms with van der Waals surface area (Å²) >= 11 is 0. The van der Waals surface area contributed by atoms with Crippen molar-refractivity contribution in [3.63, 3.8) is 0 Å². The van der Waals surface area contributed by atoms with Crippen molar-refractivity contribution in [2.75, 3.05) is 11.9 Å². The lowest BCUT2D eigenvalue weighted by atomic mass is 10.0. The maximum atomic E-state index is 12.4. The number of hydrogen-bond acceptors (Lipinski definition) is 3. The van der Waals surface area contributed by atoms with Gasteiger partial charge in [-0.1, -0.05) is 78.9 Å². The van der Waals surface area contributed by atoms with Gasteiger partial charge in [-0.05, 0) is 46.5 Å². The molecule has 0 spiro atoms. The summed E-state index contributed by atoms with van der Waals surface area (Å²) in [5.74, 6) is -1.00. The van der Waals surface area contributed by atoms with Gasteiger partial charge in [0.05, 0.1) is 11.3 Å². The highest BCUT2D eigenvalue weighted by Crippen LogP contribution is 2.26. The maximum absolute atomic E-state index is 12.4. The fraction of sp³-hybridized carbons (Fsp3) is 0.0370. The molecule has 2 N–H and O–H groups in total. The third-order valence-corrected chi connectivity index (χ3v) is 4.94. The number of amides is 1. The second-order valence-electron chi connectivity index (χ2n) is 7.16. The number of carbonyl (C=O) groups is 2.